The second-order valence-corrected chi connectivity index (χ2v) is 10.9. The third-order valence-electron chi connectivity index (χ3n) is 8.23. The lowest BCUT2D eigenvalue weighted by Crippen LogP contribution is -2.38. The minimum atomic E-state index is -0.866. The number of benzene rings is 3. The molecule has 0 amide bonds. The summed E-state index contributed by atoms with van der Waals surface area (Å²) in [6, 6.07) is 28.3. The van der Waals surface area contributed by atoms with Gasteiger partial charge in [-0.25, -0.2) is 15.0 Å². The highest BCUT2D eigenvalue weighted by molar-refractivity contribution is 5.84. The van der Waals surface area contributed by atoms with Crippen LogP contribution in [0.5, 0.6) is 5.75 Å². The number of hydrogen-bond donors (Lipinski definition) is 2. The average molecular weight is 610 g/mol. The molecule has 1 saturated heterocycles. The normalized spacial score (nSPS) is 19.8. The van der Waals surface area contributed by atoms with Gasteiger partial charge >= 0.3 is 5.97 Å². The van der Waals surface area contributed by atoms with E-state index in [1.165, 1.54) is 13.3 Å². The number of rotatable bonds is 11. The number of nitrogens with one attached hydrogen (secondary N) is 1. The molecule has 11 nitrogen and oxygen atoms in total. The molecule has 2 N–H and O–H groups in total. The first kappa shape index (κ1) is 30.2. The Morgan fingerprint density at radius 1 is 0.956 bits per heavy atom. The van der Waals surface area contributed by atoms with Crippen LogP contribution in [0, 0.1) is 5.92 Å². The number of aliphatic hydroxyl groups excluding tert-OH is 1. The number of aromatic nitrogens is 4. The van der Waals surface area contributed by atoms with Crippen molar-refractivity contribution in [2.24, 2.45) is 5.92 Å². The molecule has 0 aliphatic carbocycles. The molecule has 6 rings (SSSR count). The molecule has 11 heteroatoms. The number of carbonyl (C=O) groups is 1. The second kappa shape index (κ2) is 13.0. The molecule has 4 atom stereocenters. The molecular weight excluding hydrogens is 574 g/mol. The number of anilines is 1. The molecule has 0 bridgehead atoms. The van der Waals surface area contributed by atoms with E-state index < -0.39 is 29.9 Å². The van der Waals surface area contributed by atoms with Gasteiger partial charge in [0, 0.05) is 12.8 Å². The molecule has 1 fully saturated rings. The minimum absolute atomic E-state index is 0.228. The van der Waals surface area contributed by atoms with Gasteiger partial charge in [0.05, 0.1) is 26.1 Å². The van der Waals surface area contributed by atoms with Gasteiger partial charge in [-0.3, -0.25) is 9.36 Å². The van der Waals surface area contributed by atoms with E-state index in [2.05, 4.69) is 39.6 Å². The summed E-state index contributed by atoms with van der Waals surface area (Å²) in [5, 5.41) is 13.8. The maximum absolute atomic E-state index is 11.3. The maximum atomic E-state index is 11.3. The molecule has 3 heterocycles. The van der Waals surface area contributed by atoms with Crippen molar-refractivity contribution in [2.75, 3.05) is 25.8 Å². The van der Waals surface area contributed by atoms with Crippen LogP contribution in [-0.4, -0.2) is 63.3 Å². The van der Waals surface area contributed by atoms with Crippen molar-refractivity contribution in [1.82, 2.24) is 19.5 Å². The summed E-state index contributed by atoms with van der Waals surface area (Å²) in [4.78, 5) is 25.3. The highest BCUT2D eigenvalue weighted by atomic mass is 16.7. The van der Waals surface area contributed by atoms with E-state index in [0.29, 0.717) is 17.0 Å². The number of hydrogen-bond acceptors (Lipinski definition) is 10. The zero-order chi connectivity index (χ0) is 31.4. The van der Waals surface area contributed by atoms with Crippen LogP contribution < -0.4 is 10.1 Å². The van der Waals surface area contributed by atoms with E-state index in [4.69, 9.17) is 23.9 Å². The predicted molar refractivity (Wildman–Crippen MR) is 166 cm³/mol. The van der Waals surface area contributed by atoms with Crippen LogP contribution in [-0.2, 0) is 24.5 Å². The summed E-state index contributed by atoms with van der Waals surface area (Å²) in [5.74, 6) is 0.592. The molecular formula is C34H35N5O6. The molecule has 1 aliphatic rings. The number of imidazole rings is 1. The van der Waals surface area contributed by atoms with Gasteiger partial charge in [-0.2, -0.15) is 0 Å². The van der Waals surface area contributed by atoms with Crippen LogP contribution in [0.2, 0.25) is 0 Å². The Labute approximate surface area is 260 Å². The van der Waals surface area contributed by atoms with Gasteiger partial charge in [-0.15, -0.1) is 0 Å². The van der Waals surface area contributed by atoms with Gasteiger partial charge in [0.25, 0.3) is 0 Å². The second-order valence-electron chi connectivity index (χ2n) is 10.9. The molecule has 0 radical (unpaired) electrons. The Morgan fingerprint density at radius 2 is 1.60 bits per heavy atom. The first-order valence-electron chi connectivity index (χ1n) is 14.7. The third kappa shape index (κ3) is 5.73. The van der Waals surface area contributed by atoms with Crippen LogP contribution in [0.25, 0.3) is 11.2 Å². The standard InChI is InChI=1S/C34H35N5O6/c1-22-30(44-21-43-23(2)41)28(18-40)45-33(22)39-20-37-29-31(35-19-36-32(29)39)38-34(24-10-6-4-7-11-24,25-12-8-5-9-13-25)26-14-16-27(42-3)17-15-26/h4-17,19-20,22,28,30,33,40H,18,21H2,1-3H3,(H,35,36,38)/t22?,28-,30?,33-/m1/s1. The summed E-state index contributed by atoms with van der Waals surface area (Å²) in [6.07, 6.45) is 1.46. The molecule has 2 aromatic heterocycles. The lowest BCUT2D eigenvalue weighted by Gasteiger charge is -2.37. The van der Waals surface area contributed by atoms with Crippen LogP contribution in [0.1, 0.15) is 36.8 Å². The summed E-state index contributed by atoms with van der Waals surface area (Å²) in [6.45, 7) is 2.76. The number of nitrogens with zero attached hydrogens (tertiary/aromatic N) is 4. The Hall–Kier alpha value is -4.84. The monoisotopic (exact) mass is 609 g/mol. The molecule has 5 aromatic rings. The van der Waals surface area contributed by atoms with E-state index in [9.17, 15) is 9.90 Å². The maximum Gasteiger partial charge on any atom is 0.304 e. The van der Waals surface area contributed by atoms with Crippen molar-refractivity contribution < 1.29 is 28.8 Å². The SMILES string of the molecule is COc1ccc(C(Nc2ncnc3c2ncn3[C@@H]2O[C@H](CO)C(OCOC(C)=O)C2C)(c2ccccc2)c2ccccc2)cc1. The molecule has 1 aliphatic heterocycles. The highest BCUT2D eigenvalue weighted by Gasteiger charge is 2.44. The van der Waals surface area contributed by atoms with Crippen LogP contribution in [0.3, 0.4) is 0 Å². The molecule has 0 saturated carbocycles. The first-order chi connectivity index (χ1) is 22.0. The van der Waals surface area contributed by atoms with Gasteiger partial charge in [0.1, 0.15) is 29.9 Å². The van der Waals surface area contributed by atoms with Crippen molar-refractivity contribution in [3.8, 4) is 5.75 Å². The Balaban J connectivity index is 1.43. The predicted octanol–water partition coefficient (Wildman–Crippen LogP) is 4.67. The number of fused-ring (bicyclic) bond motifs is 1. The molecule has 232 valence electrons. The largest absolute Gasteiger partial charge is 0.497 e. The number of methoxy groups -OCH3 is 1. The quantitative estimate of drug-likeness (QED) is 0.124. The van der Waals surface area contributed by atoms with E-state index in [0.717, 1.165) is 22.4 Å². The zero-order valence-electron chi connectivity index (χ0n) is 25.2. The third-order valence-corrected chi connectivity index (χ3v) is 8.23. The minimum Gasteiger partial charge on any atom is -0.497 e. The number of carbonyl (C=O) groups excluding carboxylic acids is 1. The van der Waals surface area contributed by atoms with Gasteiger partial charge < -0.3 is 29.4 Å². The Bertz CT molecular complexity index is 1690. The topological polar surface area (TPSA) is 130 Å². The fourth-order valence-electron chi connectivity index (χ4n) is 6.04. The van der Waals surface area contributed by atoms with E-state index in [-0.39, 0.29) is 19.3 Å². The summed E-state index contributed by atoms with van der Waals surface area (Å²) in [5.41, 5.74) is 3.19. The van der Waals surface area contributed by atoms with Crippen LogP contribution >= 0.6 is 0 Å². The zero-order valence-corrected chi connectivity index (χ0v) is 25.2. The molecule has 2 unspecified atom stereocenters. The lowest BCUT2D eigenvalue weighted by atomic mass is 9.77. The molecule has 0 spiro atoms. The smallest absolute Gasteiger partial charge is 0.304 e. The average Bonchev–Trinajstić information content (AvgIpc) is 3.65. The van der Waals surface area contributed by atoms with E-state index in [1.807, 2.05) is 72.2 Å². The summed E-state index contributed by atoms with van der Waals surface area (Å²) < 4.78 is 24.3. The van der Waals surface area contributed by atoms with Crippen LogP contribution in [0.15, 0.2) is 97.6 Å². The van der Waals surface area contributed by atoms with Gasteiger partial charge in [-0.1, -0.05) is 79.7 Å². The van der Waals surface area contributed by atoms with E-state index in [1.54, 1.807) is 13.4 Å². The van der Waals surface area contributed by atoms with Gasteiger partial charge in [0.15, 0.2) is 23.8 Å². The Morgan fingerprint density at radius 3 is 2.20 bits per heavy atom. The number of ether oxygens (including phenoxy) is 4. The van der Waals surface area contributed by atoms with Crippen molar-refractivity contribution in [3.05, 3.63) is 114 Å². The van der Waals surface area contributed by atoms with E-state index >= 15 is 0 Å². The van der Waals surface area contributed by atoms with Crippen LogP contribution in [0.4, 0.5) is 5.82 Å². The van der Waals surface area contributed by atoms with Gasteiger partial charge in [-0.05, 0) is 28.8 Å². The fraction of sp³-hybridized carbons (Fsp3) is 0.294. The van der Waals surface area contributed by atoms with Crippen molar-refractivity contribution in [3.63, 3.8) is 0 Å². The molecule has 3 aromatic carbocycles. The van der Waals surface area contributed by atoms with Crippen molar-refractivity contribution in [2.45, 2.75) is 37.8 Å². The highest BCUT2D eigenvalue weighted by Crippen LogP contribution is 2.42. The number of aliphatic hydroxyl groups is 1. The van der Waals surface area contributed by atoms with Crippen molar-refractivity contribution >= 4 is 23.0 Å². The first-order valence-corrected chi connectivity index (χ1v) is 14.7. The fourth-order valence-corrected chi connectivity index (χ4v) is 6.04. The van der Waals surface area contributed by atoms with Gasteiger partial charge in [0.2, 0.25) is 0 Å². The lowest BCUT2D eigenvalue weighted by molar-refractivity contribution is -0.163. The number of esters is 1. The molecule has 45 heavy (non-hydrogen) atoms. The summed E-state index contributed by atoms with van der Waals surface area (Å²) >= 11 is 0. The van der Waals surface area contributed by atoms with Crippen molar-refractivity contribution in [1.29, 1.82) is 0 Å². The Kier molecular flexibility index (Phi) is 8.74. The summed E-state index contributed by atoms with van der Waals surface area (Å²) in [7, 11) is 1.65.